The topological polar surface area (TPSA) is 84.5 Å². The third-order valence-corrected chi connectivity index (χ3v) is 4.44. The quantitative estimate of drug-likeness (QED) is 0.605. The molecule has 0 fully saturated rings. The zero-order chi connectivity index (χ0) is 20.8. The number of halogens is 1. The Kier molecular flexibility index (Phi) is 6.46. The fraction of sp³-hybridized carbons (Fsp3) is 0.136. The minimum Gasteiger partial charge on any atom is -0.454 e. The number of rotatable bonds is 6. The lowest BCUT2D eigenvalue weighted by molar-refractivity contribution is -0.148. The maximum Gasteiger partial charge on any atom is 0.328 e. The molecule has 0 aliphatic heterocycles. The Morgan fingerprint density at radius 3 is 2.38 bits per heavy atom. The zero-order valence-electron chi connectivity index (χ0n) is 15.6. The van der Waals surface area contributed by atoms with Gasteiger partial charge < -0.3 is 15.4 Å². The number of ether oxygens (including phenoxy) is 1. The summed E-state index contributed by atoms with van der Waals surface area (Å²) in [5.41, 5.74) is 0.969. The van der Waals surface area contributed by atoms with E-state index in [1.54, 1.807) is 30.3 Å². The highest BCUT2D eigenvalue weighted by atomic mass is 35.5. The summed E-state index contributed by atoms with van der Waals surface area (Å²) in [6.07, 6.45) is 0. The van der Waals surface area contributed by atoms with Crippen molar-refractivity contribution in [2.24, 2.45) is 0 Å². The van der Waals surface area contributed by atoms with Gasteiger partial charge in [0, 0.05) is 16.3 Å². The first-order valence-corrected chi connectivity index (χ1v) is 9.32. The molecule has 0 heterocycles. The predicted octanol–water partition coefficient (Wildman–Crippen LogP) is 3.79. The molecule has 0 saturated heterocycles. The van der Waals surface area contributed by atoms with Crippen molar-refractivity contribution in [3.05, 3.63) is 77.3 Å². The van der Waals surface area contributed by atoms with Crippen LogP contribution in [0.1, 0.15) is 17.3 Å². The normalized spacial score (nSPS) is 11.5. The number of benzene rings is 3. The lowest BCUT2D eigenvalue weighted by atomic mass is 10.1. The second-order valence-electron chi connectivity index (χ2n) is 6.42. The lowest BCUT2D eigenvalue weighted by Gasteiger charge is -2.13. The highest BCUT2D eigenvalue weighted by Gasteiger charge is 2.19. The van der Waals surface area contributed by atoms with Crippen LogP contribution in [0.15, 0.2) is 66.7 Å². The second kappa shape index (κ2) is 9.21. The molecule has 2 amide bonds. The van der Waals surface area contributed by atoms with Crippen LogP contribution in [-0.2, 0) is 14.3 Å². The highest BCUT2D eigenvalue weighted by Crippen LogP contribution is 2.18. The number of hydrogen-bond donors (Lipinski definition) is 2. The summed E-state index contributed by atoms with van der Waals surface area (Å²) in [7, 11) is 0. The number of anilines is 1. The van der Waals surface area contributed by atoms with Gasteiger partial charge in [-0.1, -0.05) is 41.9 Å². The molecule has 3 rings (SSSR count). The number of carbonyl (C=O) groups is 3. The van der Waals surface area contributed by atoms with Crippen molar-refractivity contribution < 1.29 is 19.1 Å². The first-order valence-electron chi connectivity index (χ1n) is 8.94. The summed E-state index contributed by atoms with van der Waals surface area (Å²) in [5.74, 6) is -1.61. The van der Waals surface area contributed by atoms with Gasteiger partial charge in [-0.05, 0) is 54.1 Å². The Bertz CT molecular complexity index is 1050. The Hall–Kier alpha value is -3.38. The van der Waals surface area contributed by atoms with Crippen molar-refractivity contribution in [1.29, 1.82) is 0 Å². The first kappa shape index (κ1) is 20.4. The monoisotopic (exact) mass is 410 g/mol. The van der Waals surface area contributed by atoms with Crippen LogP contribution in [0.2, 0.25) is 5.02 Å². The predicted molar refractivity (Wildman–Crippen MR) is 112 cm³/mol. The Labute approximate surface area is 172 Å². The maximum atomic E-state index is 12.1. The summed E-state index contributed by atoms with van der Waals surface area (Å²) in [6, 6.07) is 18.6. The third kappa shape index (κ3) is 5.56. The van der Waals surface area contributed by atoms with Gasteiger partial charge in [0.15, 0.2) is 6.61 Å². The molecule has 29 heavy (non-hydrogen) atoms. The molecule has 1 atom stereocenters. The van der Waals surface area contributed by atoms with Crippen LogP contribution in [0, 0.1) is 0 Å². The standard InChI is InChI=1S/C22H19ClN2O4/c1-14(24-21(27)16-6-9-18(23)10-7-16)22(28)29-13-20(26)25-19-11-8-15-4-2-3-5-17(15)12-19/h2-12,14H,13H2,1H3,(H,24,27)(H,25,26)/t14-/m0/s1. The van der Waals surface area contributed by atoms with Crippen LogP contribution in [0.25, 0.3) is 10.8 Å². The number of amides is 2. The van der Waals surface area contributed by atoms with Gasteiger partial charge in [-0.2, -0.15) is 0 Å². The van der Waals surface area contributed by atoms with E-state index in [4.69, 9.17) is 16.3 Å². The van der Waals surface area contributed by atoms with Crippen LogP contribution in [0.4, 0.5) is 5.69 Å². The van der Waals surface area contributed by atoms with Crippen LogP contribution >= 0.6 is 11.6 Å². The van der Waals surface area contributed by atoms with Gasteiger partial charge in [0.05, 0.1) is 0 Å². The van der Waals surface area contributed by atoms with E-state index < -0.39 is 30.4 Å². The molecule has 0 spiro atoms. The summed E-state index contributed by atoms with van der Waals surface area (Å²) in [6.45, 7) is 1.03. The number of hydrogen-bond acceptors (Lipinski definition) is 4. The smallest absolute Gasteiger partial charge is 0.328 e. The highest BCUT2D eigenvalue weighted by molar-refractivity contribution is 6.30. The number of carbonyl (C=O) groups excluding carboxylic acids is 3. The molecule has 0 saturated carbocycles. The van der Waals surface area contributed by atoms with E-state index in [1.807, 2.05) is 36.4 Å². The summed E-state index contributed by atoms with van der Waals surface area (Å²) < 4.78 is 4.99. The van der Waals surface area contributed by atoms with Gasteiger partial charge in [0.2, 0.25) is 0 Å². The molecule has 6 nitrogen and oxygen atoms in total. The van der Waals surface area contributed by atoms with Crippen LogP contribution in [0.5, 0.6) is 0 Å². The Morgan fingerprint density at radius 2 is 1.66 bits per heavy atom. The van der Waals surface area contributed by atoms with Crippen molar-refractivity contribution in [1.82, 2.24) is 5.32 Å². The van der Waals surface area contributed by atoms with Crippen LogP contribution < -0.4 is 10.6 Å². The third-order valence-electron chi connectivity index (χ3n) is 4.19. The van der Waals surface area contributed by atoms with Gasteiger partial charge in [0.25, 0.3) is 11.8 Å². The van der Waals surface area contributed by atoms with Crippen molar-refractivity contribution in [2.75, 3.05) is 11.9 Å². The molecule has 3 aromatic carbocycles. The molecule has 0 aromatic heterocycles. The van der Waals surface area contributed by atoms with E-state index in [0.29, 0.717) is 16.3 Å². The van der Waals surface area contributed by atoms with Gasteiger partial charge in [-0.3, -0.25) is 9.59 Å². The largest absolute Gasteiger partial charge is 0.454 e. The van der Waals surface area contributed by atoms with Gasteiger partial charge in [0.1, 0.15) is 6.04 Å². The van der Waals surface area contributed by atoms with E-state index in [-0.39, 0.29) is 0 Å². The minimum atomic E-state index is -0.911. The van der Waals surface area contributed by atoms with Crippen LogP contribution in [0.3, 0.4) is 0 Å². The number of nitrogens with one attached hydrogen (secondary N) is 2. The maximum absolute atomic E-state index is 12.1. The summed E-state index contributed by atoms with van der Waals surface area (Å²) in [4.78, 5) is 36.2. The molecule has 7 heteroatoms. The fourth-order valence-electron chi connectivity index (χ4n) is 2.67. The fourth-order valence-corrected chi connectivity index (χ4v) is 2.79. The van der Waals surface area contributed by atoms with E-state index in [2.05, 4.69) is 10.6 Å². The Morgan fingerprint density at radius 1 is 0.966 bits per heavy atom. The second-order valence-corrected chi connectivity index (χ2v) is 6.86. The SMILES string of the molecule is C[C@H](NC(=O)c1ccc(Cl)cc1)C(=O)OCC(=O)Nc1ccc2ccccc2c1. The molecule has 0 bridgehead atoms. The lowest BCUT2D eigenvalue weighted by Crippen LogP contribution is -2.40. The minimum absolute atomic E-state index is 0.364. The van der Waals surface area contributed by atoms with E-state index >= 15 is 0 Å². The van der Waals surface area contributed by atoms with E-state index in [9.17, 15) is 14.4 Å². The molecule has 2 N–H and O–H groups in total. The van der Waals surface area contributed by atoms with Gasteiger partial charge in [-0.25, -0.2) is 4.79 Å². The number of esters is 1. The molecule has 0 aliphatic rings. The van der Waals surface area contributed by atoms with Gasteiger partial charge in [-0.15, -0.1) is 0 Å². The van der Waals surface area contributed by atoms with E-state index in [0.717, 1.165) is 10.8 Å². The molecular formula is C22H19ClN2O4. The van der Waals surface area contributed by atoms with Crippen LogP contribution in [-0.4, -0.2) is 30.4 Å². The first-order chi connectivity index (χ1) is 13.9. The average Bonchev–Trinajstić information content (AvgIpc) is 2.72. The zero-order valence-corrected chi connectivity index (χ0v) is 16.4. The van der Waals surface area contributed by atoms with Crippen molar-refractivity contribution in [3.63, 3.8) is 0 Å². The molecule has 3 aromatic rings. The molecule has 0 aliphatic carbocycles. The summed E-state index contributed by atoms with van der Waals surface area (Å²) >= 11 is 5.79. The molecule has 148 valence electrons. The van der Waals surface area contributed by atoms with Crippen molar-refractivity contribution >= 4 is 45.8 Å². The average molecular weight is 411 g/mol. The van der Waals surface area contributed by atoms with Crippen molar-refractivity contribution in [3.8, 4) is 0 Å². The Balaban J connectivity index is 1.49. The molecule has 0 unspecified atom stereocenters. The molecular weight excluding hydrogens is 392 g/mol. The summed E-state index contributed by atoms with van der Waals surface area (Å²) in [5, 5.41) is 7.76. The number of fused-ring (bicyclic) bond motifs is 1. The molecule has 0 radical (unpaired) electrons. The van der Waals surface area contributed by atoms with Gasteiger partial charge >= 0.3 is 5.97 Å². The van der Waals surface area contributed by atoms with E-state index in [1.165, 1.54) is 6.92 Å². The van der Waals surface area contributed by atoms with Crippen molar-refractivity contribution in [2.45, 2.75) is 13.0 Å².